The van der Waals surface area contributed by atoms with E-state index < -0.39 is 40.8 Å². The molecule has 0 radical (unpaired) electrons. The highest BCUT2D eigenvalue weighted by molar-refractivity contribution is 7.69. The van der Waals surface area contributed by atoms with Gasteiger partial charge in [0.05, 0.1) is 44.8 Å². The number of β-amino-alcohol motifs (C(OH)–C–C–N with tert-alkyl or cyclic N) is 1. The number of rotatable bonds is 8. The van der Waals surface area contributed by atoms with E-state index in [9.17, 15) is 36.7 Å². The third-order valence-electron chi connectivity index (χ3n) is 8.19. The summed E-state index contributed by atoms with van der Waals surface area (Å²) in [4.78, 5) is 14.9. The molecule has 1 amide bonds. The number of hydroxylamine groups is 2. The number of carbonyl (C=O) groups excluding carboxylic acids is 1. The number of thiophene rings is 1. The molecular formula is C32H29Cl2F3N6O5S2. The number of piperidine rings is 1. The van der Waals surface area contributed by atoms with Crippen molar-refractivity contribution in [1.29, 1.82) is 0 Å². The third-order valence-corrected chi connectivity index (χ3v) is 10.6. The van der Waals surface area contributed by atoms with Gasteiger partial charge in [-0.25, -0.2) is 18.1 Å². The van der Waals surface area contributed by atoms with E-state index in [0.717, 1.165) is 52.1 Å². The SMILES string of the molecule is O=C(NN1CCCCC1)c1nn(-c2ccc(Cl)cc2Cl)c(-c2ccc(C#Cc3ccc(C(F)(F)F)cc3)s2)c1CN([SH](=O)=O)C1(O)CN(O)C1. The second-order valence-electron chi connectivity index (χ2n) is 11.8. The number of alkyl halides is 3. The van der Waals surface area contributed by atoms with Gasteiger partial charge in [-0.2, -0.15) is 27.6 Å². The van der Waals surface area contributed by atoms with Crippen LogP contribution in [0.3, 0.4) is 0 Å². The maximum Gasteiger partial charge on any atom is 0.416 e. The second-order valence-corrected chi connectivity index (χ2v) is 14.6. The summed E-state index contributed by atoms with van der Waals surface area (Å²) in [5, 5.41) is 28.7. The summed E-state index contributed by atoms with van der Waals surface area (Å²) >= 11 is 14.0. The monoisotopic (exact) mass is 768 g/mol. The molecule has 0 aliphatic carbocycles. The Morgan fingerprint density at radius 1 is 1.04 bits per heavy atom. The predicted molar refractivity (Wildman–Crippen MR) is 181 cm³/mol. The van der Waals surface area contributed by atoms with Gasteiger partial charge in [0, 0.05) is 35.8 Å². The van der Waals surface area contributed by atoms with Crippen molar-refractivity contribution >= 4 is 51.3 Å². The number of thiol groups is 1. The molecule has 2 aromatic carbocycles. The lowest BCUT2D eigenvalue weighted by Crippen LogP contribution is -2.68. The first-order valence-electron chi connectivity index (χ1n) is 15.2. The Morgan fingerprint density at radius 3 is 2.36 bits per heavy atom. The van der Waals surface area contributed by atoms with Crippen LogP contribution >= 0.6 is 34.5 Å². The van der Waals surface area contributed by atoms with Crippen molar-refractivity contribution in [3.8, 4) is 28.1 Å². The molecular weight excluding hydrogens is 740 g/mol. The summed E-state index contributed by atoms with van der Waals surface area (Å²) in [5.41, 5.74) is 1.06. The first kappa shape index (κ1) is 36.3. The van der Waals surface area contributed by atoms with Crippen LogP contribution in [0, 0.1) is 11.8 Å². The van der Waals surface area contributed by atoms with E-state index in [0.29, 0.717) is 39.1 Å². The minimum atomic E-state index is -4.48. The molecule has 2 aromatic heterocycles. The number of nitrogens with one attached hydrogen (secondary N) is 1. The fourth-order valence-corrected chi connectivity index (χ4v) is 7.78. The quantitative estimate of drug-likeness (QED) is 0.110. The lowest BCUT2D eigenvalue weighted by molar-refractivity contribution is -0.275. The van der Waals surface area contributed by atoms with E-state index in [-0.39, 0.29) is 35.1 Å². The molecule has 4 heterocycles. The highest BCUT2D eigenvalue weighted by Crippen LogP contribution is 2.39. The Morgan fingerprint density at radius 2 is 1.74 bits per heavy atom. The van der Waals surface area contributed by atoms with Crippen molar-refractivity contribution in [2.24, 2.45) is 0 Å². The highest BCUT2D eigenvalue weighted by atomic mass is 35.5. The van der Waals surface area contributed by atoms with Crippen molar-refractivity contribution in [1.82, 2.24) is 29.6 Å². The van der Waals surface area contributed by atoms with Gasteiger partial charge in [-0.3, -0.25) is 10.2 Å². The van der Waals surface area contributed by atoms with E-state index in [1.165, 1.54) is 22.9 Å². The van der Waals surface area contributed by atoms with Crippen LogP contribution in [0.1, 0.15) is 51.3 Å². The van der Waals surface area contributed by atoms with Gasteiger partial charge >= 0.3 is 6.18 Å². The molecule has 0 bridgehead atoms. The molecule has 0 unspecified atom stereocenters. The van der Waals surface area contributed by atoms with Crippen LogP contribution in [0.2, 0.25) is 10.0 Å². The maximum absolute atomic E-state index is 13.9. The average molecular weight is 770 g/mol. The van der Waals surface area contributed by atoms with E-state index in [4.69, 9.17) is 23.2 Å². The summed E-state index contributed by atoms with van der Waals surface area (Å²) in [5.74, 6) is 5.18. The molecule has 18 heteroatoms. The highest BCUT2D eigenvalue weighted by Gasteiger charge is 2.48. The smallest absolute Gasteiger partial charge is 0.372 e. The molecule has 4 aromatic rings. The minimum absolute atomic E-state index is 0.131. The van der Waals surface area contributed by atoms with Gasteiger partial charge < -0.3 is 10.3 Å². The Kier molecular flexibility index (Phi) is 10.6. The lowest BCUT2D eigenvalue weighted by Gasteiger charge is -2.46. The summed E-state index contributed by atoms with van der Waals surface area (Å²) in [6, 6.07) is 12.4. The number of carbonyl (C=O) groups is 1. The number of amides is 1. The summed E-state index contributed by atoms with van der Waals surface area (Å²) in [6.45, 7) is -0.0687. The Bertz CT molecular complexity index is 2040. The Balaban J connectivity index is 1.48. The topological polar surface area (TPSA) is 131 Å². The van der Waals surface area contributed by atoms with Gasteiger partial charge in [-0.1, -0.05) is 41.5 Å². The minimum Gasteiger partial charge on any atom is -0.372 e. The van der Waals surface area contributed by atoms with Gasteiger partial charge in [0.1, 0.15) is 0 Å². The number of aromatic nitrogens is 2. The lowest BCUT2D eigenvalue weighted by atomic mass is 10.1. The van der Waals surface area contributed by atoms with E-state index in [1.54, 1.807) is 29.3 Å². The van der Waals surface area contributed by atoms with Gasteiger partial charge in [0.2, 0.25) is 10.9 Å². The van der Waals surface area contributed by atoms with Gasteiger partial charge in [0.25, 0.3) is 5.91 Å². The molecule has 3 N–H and O–H groups in total. The summed E-state index contributed by atoms with van der Waals surface area (Å²) in [6.07, 6.45) is -1.73. The van der Waals surface area contributed by atoms with Crippen LogP contribution in [-0.4, -0.2) is 80.7 Å². The number of halogens is 5. The molecule has 0 spiro atoms. The average Bonchev–Trinajstić information content (AvgIpc) is 3.66. The Hall–Kier alpha value is -3.50. The van der Waals surface area contributed by atoms with E-state index in [2.05, 4.69) is 22.4 Å². The van der Waals surface area contributed by atoms with Gasteiger partial charge in [-0.15, -0.1) is 11.3 Å². The molecule has 50 heavy (non-hydrogen) atoms. The van der Waals surface area contributed by atoms with Crippen LogP contribution < -0.4 is 5.43 Å². The van der Waals surface area contributed by atoms with Gasteiger partial charge in [0.15, 0.2) is 11.4 Å². The number of hydrogen-bond donors (Lipinski definition) is 4. The van der Waals surface area contributed by atoms with Crippen LogP contribution in [-0.2, 0) is 23.6 Å². The van der Waals surface area contributed by atoms with Crippen LogP contribution in [0.25, 0.3) is 16.3 Å². The van der Waals surface area contributed by atoms with Crippen molar-refractivity contribution < 1.29 is 36.7 Å². The molecule has 11 nitrogen and oxygen atoms in total. The standard InChI is InChI=1S/C32H29Cl2F3N6O5S2/c33-22-9-12-26(25(34)16-22)43-29(27-13-11-23(49-27)10-6-20-4-7-21(8-5-20)32(35,36)37)24(17-42(50(47)48)31(45)18-41(46)19-31)28(38-43)30(44)39-40-14-2-1-3-15-40/h4-5,7-9,11-13,16,45-46,50H,1-3,14-15,17-19H2,(H,39,44). The number of aliphatic hydroxyl groups is 1. The molecule has 6 rings (SSSR count). The molecule has 2 aliphatic rings. The zero-order chi connectivity index (χ0) is 35.8. The van der Waals surface area contributed by atoms with Crippen molar-refractivity contribution in [3.63, 3.8) is 0 Å². The maximum atomic E-state index is 13.9. The van der Waals surface area contributed by atoms with Crippen molar-refractivity contribution in [3.05, 3.63) is 91.9 Å². The van der Waals surface area contributed by atoms with Crippen LogP contribution in [0.5, 0.6) is 0 Å². The number of hydrogen-bond acceptors (Lipinski definition) is 9. The summed E-state index contributed by atoms with van der Waals surface area (Å²) < 4.78 is 66.5. The first-order chi connectivity index (χ1) is 23.7. The largest absolute Gasteiger partial charge is 0.416 e. The fraction of sp³-hybridized carbons (Fsp3) is 0.312. The predicted octanol–water partition coefficient (Wildman–Crippen LogP) is 5.18. The second kappa shape index (κ2) is 14.6. The fourth-order valence-electron chi connectivity index (χ4n) is 5.68. The Labute approximate surface area is 300 Å². The van der Waals surface area contributed by atoms with Gasteiger partial charge in [-0.05, 0) is 67.4 Å². The van der Waals surface area contributed by atoms with Crippen LogP contribution in [0.4, 0.5) is 13.2 Å². The summed E-state index contributed by atoms with van der Waals surface area (Å²) in [7, 11) is -3.44. The molecule has 2 saturated heterocycles. The molecule has 0 atom stereocenters. The van der Waals surface area contributed by atoms with E-state index >= 15 is 0 Å². The number of hydrazine groups is 1. The molecule has 2 fully saturated rings. The zero-order valence-corrected chi connectivity index (χ0v) is 29.2. The molecule has 264 valence electrons. The number of nitrogens with zero attached hydrogens (tertiary/aromatic N) is 5. The van der Waals surface area contributed by atoms with Crippen LogP contribution in [0.15, 0.2) is 54.6 Å². The van der Waals surface area contributed by atoms with Crippen molar-refractivity contribution in [2.45, 2.75) is 37.7 Å². The van der Waals surface area contributed by atoms with E-state index in [1.807, 2.05) is 0 Å². The zero-order valence-electron chi connectivity index (χ0n) is 26.0. The number of benzene rings is 2. The third kappa shape index (κ3) is 7.86. The molecule has 2 aliphatic heterocycles. The normalized spacial score (nSPS) is 16.7. The first-order valence-corrected chi connectivity index (χ1v) is 17.9. The molecule has 0 saturated carbocycles. The van der Waals surface area contributed by atoms with Crippen molar-refractivity contribution in [2.75, 3.05) is 26.2 Å².